The molecule has 0 aromatic carbocycles. The Labute approximate surface area is 192 Å². The van der Waals surface area contributed by atoms with E-state index < -0.39 is 49.5 Å². The molecule has 29 heavy (non-hydrogen) atoms. The molecular formula is C17H12ClN2NaO7S. The number of sulfone groups is 1. The van der Waals surface area contributed by atoms with Gasteiger partial charge in [0.1, 0.15) is 5.03 Å². The molecule has 1 saturated heterocycles. The van der Waals surface area contributed by atoms with Crippen molar-refractivity contribution in [1.29, 1.82) is 0 Å². The van der Waals surface area contributed by atoms with E-state index in [2.05, 4.69) is 9.72 Å². The normalized spacial score (nSPS) is 21.8. The number of amides is 1. The summed E-state index contributed by atoms with van der Waals surface area (Å²) in [6.07, 6.45) is 3.60. The topological polar surface area (TPSA) is 134 Å². The molecule has 146 valence electrons. The maximum atomic E-state index is 12.7. The summed E-state index contributed by atoms with van der Waals surface area (Å²) in [5.74, 6) is -4.33. The minimum atomic E-state index is -4.01. The molecule has 0 spiro atoms. The van der Waals surface area contributed by atoms with Gasteiger partial charge in [-0.15, -0.1) is 0 Å². The van der Waals surface area contributed by atoms with E-state index >= 15 is 0 Å². The number of carbonyl (C=O) groups is 3. The first-order valence-corrected chi connectivity index (χ1v) is 9.84. The zero-order valence-electron chi connectivity index (χ0n) is 15.3. The van der Waals surface area contributed by atoms with Crippen molar-refractivity contribution in [2.24, 2.45) is 0 Å². The van der Waals surface area contributed by atoms with E-state index in [0.717, 1.165) is 13.2 Å². The van der Waals surface area contributed by atoms with Crippen molar-refractivity contribution in [3.63, 3.8) is 0 Å². The second-order valence-corrected chi connectivity index (χ2v) is 8.30. The van der Waals surface area contributed by atoms with Gasteiger partial charge < -0.3 is 14.6 Å². The molecule has 12 heteroatoms. The zero-order valence-corrected chi connectivity index (χ0v) is 18.9. The second kappa shape index (κ2) is 8.80. The second-order valence-electron chi connectivity index (χ2n) is 5.83. The molecule has 1 aromatic rings. The van der Waals surface area contributed by atoms with Crippen LogP contribution in [0.1, 0.15) is 5.69 Å². The van der Waals surface area contributed by atoms with E-state index in [0.29, 0.717) is 10.6 Å². The molecule has 0 aliphatic carbocycles. The molecular weight excluding hydrogens is 435 g/mol. The van der Waals surface area contributed by atoms with E-state index in [1.54, 1.807) is 18.2 Å². The van der Waals surface area contributed by atoms with E-state index in [4.69, 9.17) is 11.6 Å². The van der Waals surface area contributed by atoms with Gasteiger partial charge in [0, 0.05) is 6.20 Å². The van der Waals surface area contributed by atoms with Crippen LogP contribution in [-0.2, 0) is 29.0 Å². The summed E-state index contributed by atoms with van der Waals surface area (Å²) >= 11 is 5.72. The fourth-order valence-corrected chi connectivity index (χ4v) is 5.02. The molecule has 1 atom stereocenters. The SMILES string of the molecule is COC(=O)/C(Cl)=C/C1=C(C(=O)[O-])N2C(=O)/C(=C/c3ccccn3)[C@@H]2S(=O)(=O)C1.[Na+]. The fourth-order valence-electron chi connectivity index (χ4n) is 2.92. The predicted molar refractivity (Wildman–Crippen MR) is 94.6 cm³/mol. The minimum Gasteiger partial charge on any atom is -0.543 e. The van der Waals surface area contributed by atoms with Gasteiger partial charge in [0.25, 0.3) is 5.91 Å². The third-order valence-corrected chi connectivity index (χ3v) is 6.20. The number of halogens is 1. The largest absolute Gasteiger partial charge is 1.00 e. The number of ether oxygens (including phenoxy) is 1. The van der Waals surface area contributed by atoms with Gasteiger partial charge in [-0.05, 0) is 29.9 Å². The average molecular weight is 447 g/mol. The minimum absolute atomic E-state index is 0. The number of rotatable bonds is 4. The molecule has 0 N–H and O–H groups in total. The number of hydrogen-bond donors (Lipinski definition) is 0. The van der Waals surface area contributed by atoms with E-state index in [-0.39, 0.29) is 40.7 Å². The third kappa shape index (κ3) is 4.31. The number of allylic oxidation sites excluding steroid dienone is 1. The van der Waals surface area contributed by atoms with Crippen molar-refractivity contribution in [3.05, 3.63) is 58.0 Å². The van der Waals surface area contributed by atoms with Crippen LogP contribution in [0, 0.1) is 0 Å². The molecule has 0 radical (unpaired) electrons. The Kier molecular flexibility index (Phi) is 7.07. The van der Waals surface area contributed by atoms with Gasteiger partial charge >= 0.3 is 35.5 Å². The number of pyridine rings is 1. The Balaban J connectivity index is 0.00000300. The Hall–Kier alpha value is -1.98. The Morgan fingerprint density at radius 3 is 2.62 bits per heavy atom. The van der Waals surface area contributed by atoms with Crippen molar-refractivity contribution in [2.75, 3.05) is 12.9 Å². The van der Waals surface area contributed by atoms with Gasteiger partial charge in [-0.1, -0.05) is 17.7 Å². The molecule has 1 amide bonds. The maximum absolute atomic E-state index is 12.7. The van der Waals surface area contributed by atoms with Crippen LogP contribution in [0.15, 0.2) is 52.3 Å². The Bertz CT molecular complexity index is 1080. The first-order valence-electron chi connectivity index (χ1n) is 7.75. The standard InChI is InChI=1S/C17H13ClN2O7S.Na/c1-27-17(24)12(18)6-9-8-28(25,26)15-11(7-10-4-2-3-5-19-10)14(21)20(15)13(9)16(22)23;/h2-7,15H,8H2,1H3,(H,22,23);/q;+1/p-1/b11-7-,12-6-;/t15-;/m0./s1. The van der Waals surface area contributed by atoms with E-state index in [1.165, 1.54) is 12.3 Å². The molecule has 2 aliphatic rings. The molecule has 0 unspecified atom stereocenters. The Morgan fingerprint density at radius 1 is 1.38 bits per heavy atom. The van der Waals surface area contributed by atoms with Crippen molar-refractivity contribution < 1.29 is 62.2 Å². The third-order valence-electron chi connectivity index (χ3n) is 4.07. The van der Waals surface area contributed by atoms with E-state index in [1.807, 2.05) is 0 Å². The summed E-state index contributed by atoms with van der Waals surface area (Å²) in [6.45, 7) is 0. The molecule has 9 nitrogen and oxygen atoms in total. The maximum Gasteiger partial charge on any atom is 1.00 e. The summed E-state index contributed by atoms with van der Waals surface area (Å²) in [4.78, 5) is 40.2. The summed E-state index contributed by atoms with van der Waals surface area (Å²) in [5.41, 5.74) is -0.777. The van der Waals surface area contributed by atoms with Gasteiger partial charge in [0.15, 0.2) is 15.2 Å². The van der Waals surface area contributed by atoms with Gasteiger partial charge in [0.05, 0.1) is 35.8 Å². The number of β-lactam (4-membered cyclic amide) rings is 1. The predicted octanol–water partition coefficient (Wildman–Crippen LogP) is -3.63. The van der Waals surface area contributed by atoms with Gasteiger partial charge in [0.2, 0.25) is 0 Å². The van der Waals surface area contributed by atoms with Gasteiger partial charge in [-0.3, -0.25) is 14.7 Å². The zero-order chi connectivity index (χ0) is 20.6. The van der Waals surface area contributed by atoms with Gasteiger partial charge in [-0.2, -0.15) is 0 Å². The van der Waals surface area contributed by atoms with Crippen LogP contribution in [0.3, 0.4) is 0 Å². The number of carboxylic acids is 1. The summed E-state index contributed by atoms with van der Waals surface area (Å²) in [5, 5.41) is 9.60. The summed E-state index contributed by atoms with van der Waals surface area (Å²) in [6, 6.07) is 4.87. The van der Waals surface area contributed by atoms with Crippen LogP contribution in [0.5, 0.6) is 0 Å². The van der Waals surface area contributed by atoms with E-state index in [9.17, 15) is 27.9 Å². The number of nitrogens with zero attached hydrogens (tertiary/aromatic N) is 2. The number of aromatic nitrogens is 1. The van der Waals surface area contributed by atoms with Crippen LogP contribution in [0.4, 0.5) is 0 Å². The number of aliphatic carboxylic acids is 1. The summed E-state index contributed by atoms with van der Waals surface area (Å²) < 4.78 is 29.8. The number of carboxylic acid groups (broad SMARTS) is 1. The Morgan fingerprint density at radius 2 is 2.07 bits per heavy atom. The van der Waals surface area contributed by atoms with Gasteiger partial charge in [-0.25, -0.2) is 13.2 Å². The molecule has 1 fully saturated rings. The quantitative estimate of drug-likeness (QED) is 0.200. The van der Waals surface area contributed by atoms with Crippen LogP contribution < -0.4 is 34.7 Å². The van der Waals surface area contributed by atoms with Crippen molar-refractivity contribution in [3.8, 4) is 0 Å². The molecule has 3 heterocycles. The average Bonchev–Trinajstić information content (AvgIpc) is 2.65. The number of fused-ring (bicyclic) bond motifs is 1. The van der Waals surface area contributed by atoms with Crippen LogP contribution in [0.2, 0.25) is 0 Å². The number of carbonyl (C=O) groups excluding carboxylic acids is 3. The molecule has 2 aliphatic heterocycles. The van der Waals surface area contributed by atoms with Crippen LogP contribution in [-0.4, -0.2) is 54.4 Å². The monoisotopic (exact) mass is 446 g/mol. The number of methoxy groups -OCH3 is 1. The smallest absolute Gasteiger partial charge is 0.543 e. The molecule has 3 rings (SSSR count). The fraction of sp³-hybridized carbons (Fsp3) is 0.176. The molecule has 0 bridgehead atoms. The van der Waals surface area contributed by atoms with Crippen molar-refractivity contribution >= 4 is 45.4 Å². The number of esters is 1. The van der Waals surface area contributed by atoms with Crippen LogP contribution in [0.25, 0.3) is 6.08 Å². The summed E-state index contributed by atoms with van der Waals surface area (Å²) in [7, 11) is -2.97. The molecule has 1 aromatic heterocycles. The first kappa shape index (κ1) is 23.3. The van der Waals surface area contributed by atoms with Crippen LogP contribution >= 0.6 is 11.6 Å². The molecule has 0 saturated carbocycles. The van der Waals surface area contributed by atoms with Crippen molar-refractivity contribution in [2.45, 2.75) is 5.37 Å². The van der Waals surface area contributed by atoms with Crippen molar-refractivity contribution in [1.82, 2.24) is 9.88 Å². The number of hydrogen-bond acceptors (Lipinski definition) is 8. The first-order chi connectivity index (χ1) is 13.2.